The van der Waals surface area contributed by atoms with E-state index < -0.39 is 12.0 Å². The number of rotatable bonds is 4. The first-order valence-corrected chi connectivity index (χ1v) is 8.98. The lowest BCUT2D eigenvalue weighted by Gasteiger charge is -2.29. The molecule has 2 atom stereocenters. The third kappa shape index (κ3) is 3.35. The highest BCUT2D eigenvalue weighted by Crippen LogP contribution is 2.42. The second-order valence-corrected chi connectivity index (χ2v) is 6.69. The molecule has 0 aromatic heterocycles. The first-order valence-electron chi connectivity index (χ1n) is 8.98. The summed E-state index contributed by atoms with van der Waals surface area (Å²) in [5.74, 6) is 0.335. The molecule has 6 nitrogen and oxygen atoms in total. The van der Waals surface area contributed by atoms with Gasteiger partial charge in [0, 0.05) is 13.0 Å². The Bertz CT molecular complexity index is 851. The lowest BCUT2D eigenvalue weighted by molar-refractivity contribution is -0.146. The highest BCUT2D eigenvalue weighted by Gasteiger charge is 2.45. The maximum Gasteiger partial charge on any atom is 0.311 e. The largest absolute Gasteiger partial charge is 0.486 e. The van der Waals surface area contributed by atoms with Crippen LogP contribution in [0.4, 0.5) is 0 Å². The second kappa shape index (κ2) is 7.31. The van der Waals surface area contributed by atoms with Crippen molar-refractivity contribution in [1.29, 1.82) is 0 Å². The van der Waals surface area contributed by atoms with Gasteiger partial charge in [-0.25, -0.2) is 0 Å². The topological polar surface area (TPSA) is 65.1 Å². The highest BCUT2D eigenvalue weighted by atomic mass is 16.6. The summed E-state index contributed by atoms with van der Waals surface area (Å²) in [4.78, 5) is 26.9. The molecule has 4 rings (SSSR count). The van der Waals surface area contributed by atoms with E-state index in [1.54, 1.807) is 4.90 Å². The van der Waals surface area contributed by atoms with Gasteiger partial charge in [-0.3, -0.25) is 9.59 Å². The number of methoxy groups -OCH3 is 1. The van der Waals surface area contributed by atoms with Crippen molar-refractivity contribution in [1.82, 2.24) is 4.90 Å². The predicted octanol–water partition coefficient (Wildman–Crippen LogP) is 2.72. The number of benzene rings is 2. The molecule has 2 heterocycles. The number of esters is 1. The minimum atomic E-state index is -0.547. The van der Waals surface area contributed by atoms with E-state index in [4.69, 9.17) is 14.2 Å². The second-order valence-electron chi connectivity index (χ2n) is 6.69. The Morgan fingerprint density at radius 3 is 2.59 bits per heavy atom. The Hall–Kier alpha value is -3.02. The summed E-state index contributed by atoms with van der Waals surface area (Å²) in [5, 5.41) is 0. The molecule has 0 saturated carbocycles. The fraction of sp³-hybridized carbons (Fsp3) is 0.333. The maximum atomic E-state index is 12.7. The smallest absolute Gasteiger partial charge is 0.311 e. The van der Waals surface area contributed by atoms with Gasteiger partial charge in [0.25, 0.3) is 0 Å². The van der Waals surface area contributed by atoms with Crippen LogP contribution in [0, 0.1) is 5.92 Å². The van der Waals surface area contributed by atoms with Crippen LogP contribution in [-0.4, -0.2) is 37.1 Å². The zero-order chi connectivity index (χ0) is 18.8. The molecule has 1 fully saturated rings. The van der Waals surface area contributed by atoms with Gasteiger partial charge in [0.1, 0.15) is 13.2 Å². The van der Waals surface area contributed by atoms with E-state index in [0.717, 1.165) is 11.1 Å². The number of ether oxygens (including phenoxy) is 3. The first-order chi connectivity index (χ1) is 13.2. The molecule has 1 unspecified atom stereocenters. The van der Waals surface area contributed by atoms with Crippen LogP contribution in [0.5, 0.6) is 11.5 Å². The third-order valence-electron chi connectivity index (χ3n) is 5.04. The molecule has 1 saturated heterocycles. The van der Waals surface area contributed by atoms with Crippen LogP contribution in [0.15, 0.2) is 48.5 Å². The standard InChI is InChI=1S/C21H21NO5/c1-25-21(24)16-12-19(23)22(13-14-5-3-2-4-6-14)20(16)15-7-8-17-18(11-15)27-10-9-26-17/h2-8,11,16,20H,9-10,12-13H2,1H3/t16-,20?/m0/s1. The molecule has 2 aliphatic rings. The minimum Gasteiger partial charge on any atom is -0.486 e. The van der Waals surface area contributed by atoms with Gasteiger partial charge in [0.2, 0.25) is 5.91 Å². The lowest BCUT2D eigenvalue weighted by atomic mass is 9.93. The predicted molar refractivity (Wildman–Crippen MR) is 97.3 cm³/mol. The number of carbonyl (C=O) groups is 2. The normalized spacial score (nSPS) is 21.2. The molecule has 2 aromatic carbocycles. The van der Waals surface area contributed by atoms with Crippen LogP contribution in [0.25, 0.3) is 0 Å². The molecular weight excluding hydrogens is 346 g/mol. The summed E-state index contributed by atoms with van der Waals surface area (Å²) >= 11 is 0. The van der Waals surface area contributed by atoms with Crippen LogP contribution < -0.4 is 9.47 Å². The van der Waals surface area contributed by atoms with E-state index in [1.165, 1.54) is 7.11 Å². The van der Waals surface area contributed by atoms with E-state index in [-0.39, 0.29) is 18.3 Å². The summed E-state index contributed by atoms with van der Waals surface area (Å²) in [5.41, 5.74) is 1.86. The van der Waals surface area contributed by atoms with E-state index in [2.05, 4.69) is 0 Å². The van der Waals surface area contributed by atoms with E-state index in [9.17, 15) is 9.59 Å². The summed E-state index contributed by atoms with van der Waals surface area (Å²) in [6.07, 6.45) is 0.138. The van der Waals surface area contributed by atoms with Gasteiger partial charge in [-0.1, -0.05) is 36.4 Å². The van der Waals surface area contributed by atoms with E-state index >= 15 is 0 Å². The van der Waals surface area contributed by atoms with Crippen LogP contribution in [0.1, 0.15) is 23.6 Å². The molecular formula is C21H21NO5. The molecule has 0 spiro atoms. The lowest BCUT2D eigenvalue weighted by Crippen LogP contribution is -2.30. The number of hydrogen-bond donors (Lipinski definition) is 0. The molecule has 2 aromatic rings. The van der Waals surface area contributed by atoms with Crippen molar-refractivity contribution in [3.8, 4) is 11.5 Å². The van der Waals surface area contributed by atoms with Crippen molar-refractivity contribution in [3.63, 3.8) is 0 Å². The maximum absolute atomic E-state index is 12.7. The van der Waals surface area contributed by atoms with Crippen molar-refractivity contribution >= 4 is 11.9 Å². The average Bonchev–Trinajstić information content (AvgIpc) is 3.04. The quantitative estimate of drug-likeness (QED) is 0.778. The molecule has 1 amide bonds. The van der Waals surface area contributed by atoms with Crippen LogP contribution >= 0.6 is 0 Å². The Morgan fingerprint density at radius 2 is 1.85 bits per heavy atom. The summed E-state index contributed by atoms with van der Waals surface area (Å²) in [7, 11) is 1.35. The molecule has 6 heteroatoms. The average molecular weight is 367 g/mol. The summed E-state index contributed by atoms with van der Waals surface area (Å²) < 4.78 is 16.2. The highest BCUT2D eigenvalue weighted by molar-refractivity contribution is 5.88. The van der Waals surface area contributed by atoms with Gasteiger partial charge in [-0.15, -0.1) is 0 Å². The van der Waals surface area contributed by atoms with E-state index in [0.29, 0.717) is 31.3 Å². The Morgan fingerprint density at radius 1 is 1.11 bits per heavy atom. The summed E-state index contributed by atoms with van der Waals surface area (Å²) in [6.45, 7) is 1.43. The molecule has 140 valence electrons. The van der Waals surface area contributed by atoms with Gasteiger partial charge in [-0.2, -0.15) is 0 Å². The number of amides is 1. The number of nitrogens with zero attached hydrogens (tertiary/aromatic N) is 1. The number of likely N-dealkylation sites (tertiary alicyclic amines) is 1. The fourth-order valence-corrected chi connectivity index (χ4v) is 3.78. The van der Waals surface area contributed by atoms with Gasteiger partial charge in [0.05, 0.1) is 19.1 Å². The van der Waals surface area contributed by atoms with Crippen molar-refractivity contribution in [3.05, 3.63) is 59.7 Å². The van der Waals surface area contributed by atoms with Gasteiger partial charge in [0.15, 0.2) is 11.5 Å². The molecule has 27 heavy (non-hydrogen) atoms. The van der Waals surface area contributed by atoms with Gasteiger partial charge >= 0.3 is 5.97 Å². The minimum absolute atomic E-state index is 0.0610. The molecule has 0 bridgehead atoms. The van der Waals surface area contributed by atoms with Crippen molar-refractivity contribution in [2.45, 2.75) is 19.0 Å². The SMILES string of the molecule is COC(=O)[C@H]1CC(=O)N(Cc2ccccc2)C1c1ccc2c(c1)OCCO2. The Balaban J connectivity index is 1.71. The van der Waals surface area contributed by atoms with E-state index in [1.807, 2.05) is 48.5 Å². The molecule has 0 aliphatic carbocycles. The third-order valence-corrected chi connectivity index (χ3v) is 5.04. The van der Waals surface area contributed by atoms with Crippen molar-refractivity contribution in [2.75, 3.05) is 20.3 Å². The molecule has 0 N–H and O–H groups in total. The molecule has 0 radical (unpaired) electrons. The fourth-order valence-electron chi connectivity index (χ4n) is 3.78. The Labute approximate surface area is 157 Å². The van der Waals surface area contributed by atoms with Gasteiger partial charge in [-0.05, 0) is 23.3 Å². The molecule has 2 aliphatic heterocycles. The van der Waals surface area contributed by atoms with Crippen LogP contribution in [0.2, 0.25) is 0 Å². The number of hydrogen-bond acceptors (Lipinski definition) is 5. The van der Waals surface area contributed by atoms with Gasteiger partial charge < -0.3 is 19.1 Å². The summed E-state index contributed by atoms with van der Waals surface area (Å²) in [6, 6.07) is 14.9. The first kappa shape index (κ1) is 17.4. The zero-order valence-corrected chi connectivity index (χ0v) is 15.1. The van der Waals surface area contributed by atoms with Crippen LogP contribution in [0.3, 0.4) is 0 Å². The van der Waals surface area contributed by atoms with Crippen molar-refractivity contribution < 1.29 is 23.8 Å². The Kier molecular flexibility index (Phi) is 4.71. The van der Waals surface area contributed by atoms with Crippen LogP contribution in [-0.2, 0) is 20.9 Å². The van der Waals surface area contributed by atoms with Crippen molar-refractivity contribution in [2.24, 2.45) is 5.92 Å². The number of fused-ring (bicyclic) bond motifs is 1. The monoisotopic (exact) mass is 367 g/mol. The zero-order valence-electron chi connectivity index (χ0n) is 15.1. The number of carbonyl (C=O) groups excluding carboxylic acids is 2.